The molecule has 1 amide bonds. The molecular weight excluding hydrogens is 378 g/mol. The Morgan fingerprint density at radius 1 is 1.18 bits per heavy atom. The highest BCUT2D eigenvalue weighted by molar-refractivity contribution is 6.31. The van der Waals surface area contributed by atoms with Gasteiger partial charge in [0.2, 0.25) is 5.89 Å². The van der Waals surface area contributed by atoms with Crippen molar-refractivity contribution in [1.82, 2.24) is 9.97 Å². The van der Waals surface area contributed by atoms with Gasteiger partial charge in [0.05, 0.1) is 12.8 Å². The molecule has 0 aliphatic carbocycles. The number of rotatable bonds is 4. The van der Waals surface area contributed by atoms with Gasteiger partial charge in [0.25, 0.3) is 5.91 Å². The maximum absolute atomic E-state index is 12.7. The van der Waals surface area contributed by atoms with Gasteiger partial charge < -0.3 is 14.5 Å². The van der Waals surface area contributed by atoms with E-state index in [0.29, 0.717) is 44.7 Å². The average Bonchev–Trinajstić information content (AvgIpc) is 3.14. The van der Waals surface area contributed by atoms with E-state index in [4.69, 9.17) is 20.8 Å². The number of aryl methyl sites for hydroxylation is 1. The molecule has 140 valence electrons. The van der Waals surface area contributed by atoms with Crippen LogP contribution in [0.5, 0.6) is 5.75 Å². The Bertz CT molecular complexity index is 1150. The summed E-state index contributed by atoms with van der Waals surface area (Å²) in [5.74, 6) is 0.631. The molecule has 0 bridgehead atoms. The van der Waals surface area contributed by atoms with Crippen molar-refractivity contribution in [1.29, 1.82) is 0 Å². The maximum Gasteiger partial charge on any atom is 0.255 e. The van der Waals surface area contributed by atoms with Gasteiger partial charge >= 0.3 is 0 Å². The lowest BCUT2D eigenvalue weighted by molar-refractivity contribution is 0.102. The molecule has 2 aromatic carbocycles. The number of ether oxygens (including phenoxy) is 1. The van der Waals surface area contributed by atoms with Crippen LogP contribution in [-0.2, 0) is 0 Å². The number of hydrogen-bond acceptors (Lipinski definition) is 5. The zero-order valence-electron chi connectivity index (χ0n) is 15.2. The summed E-state index contributed by atoms with van der Waals surface area (Å²) < 4.78 is 11.1. The van der Waals surface area contributed by atoms with E-state index in [-0.39, 0.29) is 5.91 Å². The third kappa shape index (κ3) is 3.42. The van der Waals surface area contributed by atoms with Gasteiger partial charge in [-0.15, -0.1) is 0 Å². The van der Waals surface area contributed by atoms with Gasteiger partial charge in [0, 0.05) is 22.3 Å². The van der Waals surface area contributed by atoms with Crippen LogP contribution in [0.1, 0.15) is 15.9 Å². The summed E-state index contributed by atoms with van der Waals surface area (Å²) >= 11 is 6.13. The Hall–Kier alpha value is -3.38. The molecule has 0 atom stereocenters. The van der Waals surface area contributed by atoms with E-state index >= 15 is 0 Å². The third-order valence-electron chi connectivity index (χ3n) is 4.29. The number of hydrogen-bond donors (Lipinski definition) is 1. The van der Waals surface area contributed by atoms with Crippen LogP contribution in [-0.4, -0.2) is 23.0 Å². The molecule has 0 saturated heterocycles. The quantitative estimate of drug-likeness (QED) is 0.521. The third-order valence-corrected chi connectivity index (χ3v) is 4.70. The zero-order valence-corrected chi connectivity index (χ0v) is 15.9. The number of nitrogens with one attached hydrogen (secondary N) is 1. The van der Waals surface area contributed by atoms with E-state index in [0.717, 1.165) is 5.56 Å². The van der Waals surface area contributed by atoms with Gasteiger partial charge in [-0.1, -0.05) is 17.7 Å². The van der Waals surface area contributed by atoms with Crippen molar-refractivity contribution in [2.75, 3.05) is 12.4 Å². The van der Waals surface area contributed by atoms with E-state index in [9.17, 15) is 4.79 Å². The molecule has 2 aromatic heterocycles. The number of nitrogens with zero attached hydrogens (tertiary/aromatic N) is 2. The number of amides is 1. The number of halogens is 1. The van der Waals surface area contributed by atoms with Crippen LogP contribution < -0.4 is 10.1 Å². The number of carbonyl (C=O) groups is 1. The second kappa shape index (κ2) is 7.32. The maximum atomic E-state index is 12.7. The van der Waals surface area contributed by atoms with Gasteiger partial charge in [-0.25, -0.2) is 4.98 Å². The average molecular weight is 394 g/mol. The largest absolute Gasteiger partial charge is 0.495 e. The first kappa shape index (κ1) is 18.0. The number of methoxy groups -OCH3 is 1. The normalized spacial score (nSPS) is 10.8. The molecule has 4 aromatic rings. The Morgan fingerprint density at radius 2 is 2.04 bits per heavy atom. The molecular formula is C21H16ClN3O3. The Labute approximate surface area is 166 Å². The van der Waals surface area contributed by atoms with Gasteiger partial charge in [0.1, 0.15) is 5.75 Å². The molecule has 7 heteroatoms. The number of carbonyl (C=O) groups excluding carboxylic acids is 1. The molecule has 6 nitrogen and oxygen atoms in total. The van der Waals surface area contributed by atoms with Crippen molar-refractivity contribution in [2.24, 2.45) is 0 Å². The Kier molecular flexibility index (Phi) is 4.71. The van der Waals surface area contributed by atoms with Crippen LogP contribution in [0.4, 0.5) is 5.69 Å². The molecule has 0 unspecified atom stereocenters. The molecule has 28 heavy (non-hydrogen) atoms. The fourth-order valence-electron chi connectivity index (χ4n) is 2.76. The lowest BCUT2D eigenvalue weighted by atomic mass is 10.1. The van der Waals surface area contributed by atoms with Crippen molar-refractivity contribution in [3.8, 4) is 17.2 Å². The standard InChI is InChI=1S/C21H16ClN3O3/c1-12-5-6-13(10-15(12)22)20(26)24-16-11-14(7-8-17(16)27-2)21-25-19-18(28-21)4-3-9-23-19/h3-11H,1-2H3,(H,24,26). The van der Waals surface area contributed by atoms with Crippen molar-refractivity contribution in [3.05, 3.63) is 70.9 Å². The summed E-state index contributed by atoms with van der Waals surface area (Å²) in [5.41, 5.74) is 3.66. The smallest absolute Gasteiger partial charge is 0.255 e. The minimum Gasteiger partial charge on any atom is -0.495 e. The summed E-state index contributed by atoms with van der Waals surface area (Å²) in [5, 5.41) is 3.40. The molecule has 0 aliphatic heterocycles. The number of fused-ring (bicyclic) bond motifs is 1. The van der Waals surface area contributed by atoms with Gasteiger partial charge in [0.15, 0.2) is 11.2 Å². The van der Waals surface area contributed by atoms with Gasteiger partial charge in [-0.3, -0.25) is 4.79 Å². The van der Waals surface area contributed by atoms with E-state index in [1.807, 2.05) is 13.0 Å². The van der Waals surface area contributed by atoms with Crippen LogP contribution in [0, 0.1) is 6.92 Å². The van der Waals surface area contributed by atoms with E-state index in [2.05, 4.69) is 15.3 Å². The molecule has 0 fully saturated rings. The number of benzene rings is 2. The first-order valence-corrected chi connectivity index (χ1v) is 8.90. The minimum absolute atomic E-state index is 0.295. The minimum atomic E-state index is -0.295. The van der Waals surface area contributed by atoms with Gasteiger partial charge in [-0.05, 0) is 55.0 Å². The number of pyridine rings is 1. The first-order chi connectivity index (χ1) is 13.5. The number of aromatic nitrogens is 2. The van der Waals surface area contributed by atoms with Crippen LogP contribution in [0.3, 0.4) is 0 Å². The fraction of sp³-hybridized carbons (Fsp3) is 0.0952. The SMILES string of the molecule is COc1ccc(-c2nc3ncccc3o2)cc1NC(=O)c1ccc(C)c(Cl)c1. The second-order valence-electron chi connectivity index (χ2n) is 6.18. The lowest BCUT2D eigenvalue weighted by Crippen LogP contribution is -2.12. The molecule has 0 radical (unpaired) electrons. The summed E-state index contributed by atoms with van der Waals surface area (Å²) in [6.45, 7) is 1.88. The van der Waals surface area contributed by atoms with Crippen molar-refractivity contribution in [3.63, 3.8) is 0 Å². The number of anilines is 1. The van der Waals surface area contributed by atoms with Gasteiger partial charge in [-0.2, -0.15) is 4.98 Å². The molecule has 0 saturated carbocycles. The van der Waals surface area contributed by atoms with Crippen molar-refractivity contribution < 1.29 is 13.9 Å². The number of oxazole rings is 1. The lowest BCUT2D eigenvalue weighted by Gasteiger charge is -2.12. The van der Waals surface area contributed by atoms with Crippen molar-refractivity contribution in [2.45, 2.75) is 6.92 Å². The highest BCUT2D eigenvalue weighted by Gasteiger charge is 2.15. The molecule has 0 spiro atoms. The van der Waals surface area contributed by atoms with Crippen LogP contribution >= 0.6 is 11.6 Å². The van der Waals surface area contributed by atoms with E-state index in [1.165, 1.54) is 7.11 Å². The molecule has 1 N–H and O–H groups in total. The molecule has 0 aliphatic rings. The molecule has 2 heterocycles. The second-order valence-corrected chi connectivity index (χ2v) is 6.58. The molecule has 4 rings (SSSR count). The Morgan fingerprint density at radius 3 is 2.79 bits per heavy atom. The van der Waals surface area contributed by atoms with Crippen LogP contribution in [0.2, 0.25) is 5.02 Å². The fourth-order valence-corrected chi connectivity index (χ4v) is 2.94. The van der Waals surface area contributed by atoms with Crippen molar-refractivity contribution >= 4 is 34.4 Å². The predicted molar refractivity (Wildman–Crippen MR) is 108 cm³/mol. The zero-order chi connectivity index (χ0) is 19.7. The summed E-state index contributed by atoms with van der Waals surface area (Å²) in [7, 11) is 1.54. The predicted octanol–water partition coefficient (Wildman–Crippen LogP) is 5.11. The first-order valence-electron chi connectivity index (χ1n) is 8.52. The Balaban J connectivity index is 1.68. The topological polar surface area (TPSA) is 77.2 Å². The summed E-state index contributed by atoms with van der Waals surface area (Å²) in [6.07, 6.45) is 1.65. The summed E-state index contributed by atoms with van der Waals surface area (Å²) in [4.78, 5) is 21.2. The summed E-state index contributed by atoms with van der Waals surface area (Å²) in [6, 6.07) is 14.0. The van der Waals surface area contributed by atoms with E-state index < -0.39 is 0 Å². The van der Waals surface area contributed by atoms with Crippen LogP contribution in [0.25, 0.3) is 22.7 Å². The highest BCUT2D eigenvalue weighted by Crippen LogP contribution is 2.32. The van der Waals surface area contributed by atoms with Crippen LogP contribution in [0.15, 0.2) is 59.1 Å². The highest BCUT2D eigenvalue weighted by atomic mass is 35.5. The van der Waals surface area contributed by atoms with E-state index in [1.54, 1.807) is 48.7 Å². The monoisotopic (exact) mass is 393 g/mol.